The van der Waals surface area contributed by atoms with E-state index in [1.165, 1.54) is 12.0 Å². The molecule has 3 aliphatic heterocycles. The molecule has 0 N–H and O–H groups in total. The Kier molecular flexibility index (Phi) is 4.68. The van der Waals surface area contributed by atoms with Gasteiger partial charge in [0, 0.05) is 13.7 Å². The fourth-order valence-corrected chi connectivity index (χ4v) is 4.07. The Morgan fingerprint density at radius 2 is 1.97 bits per heavy atom. The van der Waals surface area contributed by atoms with E-state index in [0.29, 0.717) is 11.4 Å². The summed E-state index contributed by atoms with van der Waals surface area (Å²) in [5.41, 5.74) is -4.85. The van der Waals surface area contributed by atoms with Gasteiger partial charge in [0.25, 0.3) is 11.8 Å². The summed E-state index contributed by atoms with van der Waals surface area (Å²) >= 11 is 0. The highest BCUT2D eigenvalue weighted by atomic mass is 19.2. The third-order valence-corrected chi connectivity index (χ3v) is 5.65. The molecule has 8 nitrogen and oxygen atoms in total. The van der Waals surface area contributed by atoms with Crippen LogP contribution >= 0.6 is 0 Å². The lowest BCUT2D eigenvalue weighted by molar-refractivity contribution is -0.140. The average Bonchev–Trinajstić information content (AvgIpc) is 3.07. The number of nitrogens with zero attached hydrogens (tertiary/aromatic N) is 3. The molecule has 2 fully saturated rings. The van der Waals surface area contributed by atoms with E-state index in [2.05, 4.69) is 0 Å². The Morgan fingerprint density at radius 3 is 2.69 bits per heavy atom. The summed E-state index contributed by atoms with van der Waals surface area (Å²) in [6, 6.07) is 6.72. The van der Waals surface area contributed by atoms with Gasteiger partial charge in [0.2, 0.25) is 11.6 Å². The van der Waals surface area contributed by atoms with Gasteiger partial charge in [0.15, 0.2) is 12.3 Å². The first-order chi connectivity index (χ1) is 13.8. The highest BCUT2D eigenvalue weighted by molar-refractivity contribution is 6.02. The molecule has 0 bridgehead atoms. The maximum absolute atomic E-state index is 15.4. The van der Waals surface area contributed by atoms with Crippen molar-refractivity contribution in [2.45, 2.75) is 11.3 Å². The molecule has 1 aromatic carbocycles. The van der Waals surface area contributed by atoms with E-state index in [0.717, 1.165) is 9.80 Å². The van der Waals surface area contributed by atoms with E-state index in [4.69, 9.17) is 9.47 Å². The topological polar surface area (TPSA) is 79.4 Å². The first kappa shape index (κ1) is 19.6. The molecule has 156 valence electrons. The number of alkyl halides is 2. The van der Waals surface area contributed by atoms with E-state index in [1.54, 1.807) is 24.3 Å². The monoisotopic (exact) mass is 409 g/mol. The van der Waals surface area contributed by atoms with Gasteiger partial charge in [0.1, 0.15) is 12.3 Å². The summed E-state index contributed by atoms with van der Waals surface area (Å²) in [5, 5.41) is 0. The van der Waals surface area contributed by atoms with Crippen LogP contribution in [0.15, 0.2) is 24.3 Å². The molecule has 0 spiro atoms. The minimum Gasteiger partial charge on any atom is -0.482 e. The van der Waals surface area contributed by atoms with Crippen molar-refractivity contribution in [3.05, 3.63) is 24.3 Å². The van der Waals surface area contributed by atoms with Gasteiger partial charge in [-0.1, -0.05) is 12.1 Å². The lowest BCUT2D eigenvalue weighted by Crippen LogP contribution is -2.48. The standard InChI is InChI=1S/C19H21F2N3O5/c1-28-7-6-22-10-18(20)11-23(12-19(18,21)17(22)27)15(25)8-24-13-4-2-3-5-14(13)29-9-16(24)26/h2-5H,6-12H2,1H3/t18-,19-/m1/s1. The molecular weight excluding hydrogens is 388 g/mol. The van der Waals surface area contributed by atoms with Crippen LogP contribution in [0.25, 0.3) is 0 Å². The molecule has 0 saturated carbocycles. The number of anilines is 1. The number of likely N-dealkylation sites (tertiary alicyclic amines) is 2. The summed E-state index contributed by atoms with van der Waals surface area (Å²) in [6.45, 7) is -2.01. The van der Waals surface area contributed by atoms with Gasteiger partial charge < -0.3 is 19.3 Å². The zero-order chi connectivity index (χ0) is 20.8. The van der Waals surface area contributed by atoms with E-state index in [9.17, 15) is 14.4 Å². The number of para-hydroxylation sites is 2. The third-order valence-electron chi connectivity index (χ3n) is 5.65. The minimum absolute atomic E-state index is 0.0830. The molecule has 4 rings (SSSR count). The molecule has 10 heteroatoms. The lowest BCUT2D eigenvalue weighted by Gasteiger charge is -2.30. The Balaban J connectivity index is 1.49. The Hall–Kier alpha value is -2.75. The molecule has 1 aromatic rings. The van der Waals surface area contributed by atoms with Gasteiger partial charge in [-0.2, -0.15) is 0 Å². The number of fused-ring (bicyclic) bond motifs is 2. The van der Waals surface area contributed by atoms with E-state index in [-0.39, 0.29) is 26.3 Å². The number of halogens is 2. The van der Waals surface area contributed by atoms with Crippen LogP contribution in [0.3, 0.4) is 0 Å². The summed E-state index contributed by atoms with van der Waals surface area (Å²) < 4.78 is 40.9. The highest BCUT2D eigenvalue weighted by Gasteiger charge is 2.71. The number of rotatable bonds is 5. The van der Waals surface area contributed by atoms with Gasteiger partial charge in [0.05, 0.1) is 31.9 Å². The molecule has 3 heterocycles. The minimum atomic E-state index is -2.79. The first-order valence-corrected chi connectivity index (χ1v) is 9.25. The molecule has 0 unspecified atom stereocenters. The van der Waals surface area contributed by atoms with Gasteiger partial charge in [-0.25, -0.2) is 8.78 Å². The predicted octanol–water partition coefficient (Wildman–Crippen LogP) is 0.159. The zero-order valence-electron chi connectivity index (χ0n) is 15.9. The van der Waals surface area contributed by atoms with Crippen LogP contribution in [0, 0.1) is 0 Å². The second-order valence-electron chi connectivity index (χ2n) is 7.47. The van der Waals surface area contributed by atoms with Crippen LogP contribution in [0.1, 0.15) is 0 Å². The van der Waals surface area contributed by atoms with Crippen LogP contribution in [-0.4, -0.2) is 91.9 Å². The maximum atomic E-state index is 15.4. The maximum Gasteiger partial charge on any atom is 0.265 e. The van der Waals surface area contributed by atoms with Crippen molar-refractivity contribution in [2.24, 2.45) is 0 Å². The van der Waals surface area contributed by atoms with Gasteiger partial charge >= 0.3 is 0 Å². The van der Waals surface area contributed by atoms with E-state index < -0.39 is 48.7 Å². The molecular formula is C19H21F2N3O5. The number of ether oxygens (including phenoxy) is 2. The van der Waals surface area contributed by atoms with Crippen LogP contribution in [0.5, 0.6) is 5.75 Å². The fraction of sp³-hybridized carbons (Fsp3) is 0.526. The third kappa shape index (κ3) is 3.02. The van der Waals surface area contributed by atoms with Crippen molar-refractivity contribution in [3.63, 3.8) is 0 Å². The van der Waals surface area contributed by atoms with Gasteiger partial charge in [-0.3, -0.25) is 19.3 Å². The smallest absolute Gasteiger partial charge is 0.265 e. The number of hydrogen-bond donors (Lipinski definition) is 0. The lowest BCUT2D eigenvalue weighted by atomic mass is 9.93. The fourth-order valence-electron chi connectivity index (χ4n) is 4.07. The summed E-state index contributed by atoms with van der Waals surface area (Å²) in [4.78, 5) is 40.7. The quantitative estimate of drug-likeness (QED) is 0.692. The Bertz CT molecular complexity index is 868. The van der Waals surface area contributed by atoms with Crippen molar-refractivity contribution in [1.82, 2.24) is 9.80 Å². The molecule has 0 aliphatic carbocycles. The number of amides is 3. The largest absolute Gasteiger partial charge is 0.482 e. The van der Waals surface area contributed by atoms with Crippen molar-refractivity contribution in [2.75, 3.05) is 57.9 Å². The molecule has 0 aromatic heterocycles. The van der Waals surface area contributed by atoms with Crippen LogP contribution in [0.2, 0.25) is 0 Å². The zero-order valence-corrected chi connectivity index (χ0v) is 15.9. The van der Waals surface area contributed by atoms with Crippen molar-refractivity contribution in [3.8, 4) is 5.75 Å². The van der Waals surface area contributed by atoms with Crippen LogP contribution in [-0.2, 0) is 19.1 Å². The molecule has 3 aliphatic rings. The Labute approximate surface area is 165 Å². The number of benzene rings is 1. The number of hydrogen-bond acceptors (Lipinski definition) is 5. The van der Waals surface area contributed by atoms with Gasteiger partial charge in [-0.05, 0) is 12.1 Å². The number of carbonyl (C=O) groups is 3. The van der Waals surface area contributed by atoms with Crippen molar-refractivity contribution in [1.29, 1.82) is 0 Å². The molecule has 3 amide bonds. The first-order valence-electron chi connectivity index (χ1n) is 9.25. The van der Waals surface area contributed by atoms with Crippen LogP contribution in [0.4, 0.5) is 14.5 Å². The average molecular weight is 409 g/mol. The van der Waals surface area contributed by atoms with E-state index >= 15 is 8.78 Å². The molecule has 2 saturated heterocycles. The molecule has 2 atom stereocenters. The Morgan fingerprint density at radius 1 is 1.21 bits per heavy atom. The second-order valence-corrected chi connectivity index (χ2v) is 7.47. The SMILES string of the molecule is COCCN1C[C@@]2(F)CN(C(=O)CN3C(=O)COc4ccccc43)C[C@@]2(F)C1=O. The second kappa shape index (κ2) is 6.94. The van der Waals surface area contributed by atoms with Gasteiger partial charge in [-0.15, -0.1) is 0 Å². The van der Waals surface area contributed by atoms with Crippen LogP contribution < -0.4 is 9.64 Å². The predicted molar refractivity (Wildman–Crippen MR) is 97.0 cm³/mol. The summed E-state index contributed by atoms with van der Waals surface area (Å²) in [7, 11) is 1.43. The van der Waals surface area contributed by atoms with Crippen molar-refractivity contribution < 1.29 is 32.6 Å². The normalized spacial score (nSPS) is 28.4. The molecule has 29 heavy (non-hydrogen) atoms. The highest BCUT2D eigenvalue weighted by Crippen LogP contribution is 2.45. The number of carbonyl (C=O) groups excluding carboxylic acids is 3. The molecule has 0 radical (unpaired) electrons. The van der Waals surface area contributed by atoms with Crippen molar-refractivity contribution >= 4 is 23.4 Å². The number of methoxy groups -OCH3 is 1. The summed E-state index contributed by atoms with van der Waals surface area (Å²) in [6.07, 6.45) is 0. The summed E-state index contributed by atoms with van der Waals surface area (Å²) in [5.74, 6) is -1.58. The van der Waals surface area contributed by atoms with E-state index in [1.807, 2.05) is 0 Å².